The van der Waals surface area contributed by atoms with Gasteiger partial charge in [-0.2, -0.15) is 0 Å². The van der Waals surface area contributed by atoms with Crippen molar-refractivity contribution in [1.29, 1.82) is 0 Å². The molecule has 5 rings (SSSR count). The van der Waals surface area contributed by atoms with Crippen molar-refractivity contribution in [3.8, 4) is 5.75 Å². The summed E-state index contributed by atoms with van der Waals surface area (Å²) in [4.78, 5) is 13.0. The van der Waals surface area contributed by atoms with Crippen molar-refractivity contribution >= 4 is 31.9 Å². The molecule has 1 N–H and O–H groups in total. The fourth-order valence-electron chi connectivity index (χ4n) is 5.16. The van der Waals surface area contributed by atoms with E-state index in [2.05, 4.69) is 20.7 Å². The summed E-state index contributed by atoms with van der Waals surface area (Å²) in [6.07, 6.45) is 1.92. The molecule has 0 radical (unpaired) electrons. The van der Waals surface area contributed by atoms with Crippen LogP contribution in [0.2, 0.25) is 0 Å². The number of nitrogens with one attached hydrogen (secondary N) is 1. The summed E-state index contributed by atoms with van der Waals surface area (Å²) in [6.45, 7) is 4.06. The van der Waals surface area contributed by atoms with Crippen molar-refractivity contribution in [2.45, 2.75) is 55.8 Å². The molecular formula is C28H27BrFNO5S. The molecule has 2 aliphatic heterocycles. The Morgan fingerprint density at radius 1 is 1.08 bits per heavy atom. The minimum absolute atomic E-state index is 0.0161. The van der Waals surface area contributed by atoms with E-state index >= 15 is 0 Å². The van der Waals surface area contributed by atoms with Gasteiger partial charge in [-0.05, 0) is 87.2 Å². The number of ether oxygens (including phenoxy) is 2. The van der Waals surface area contributed by atoms with Crippen molar-refractivity contribution in [2.24, 2.45) is 5.92 Å². The number of sulfonamides is 1. The molecule has 6 nitrogen and oxygen atoms in total. The average Bonchev–Trinajstić information content (AvgIpc) is 2.85. The van der Waals surface area contributed by atoms with Gasteiger partial charge in [0.2, 0.25) is 0 Å². The number of benzene rings is 3. The summed E-state index contributed by atoms with van der Waals surface area (Å²) < 4.78 is 54.5. The molecular weight excluding hydrogens is 561 g/mol. The molecule has 0 aromatic heterocycles. The highest BCUT2D eigenvalue weighted by Crippen LogP contribution is 2.51. The second-order valence-electron chi connectivity index (χ2n) is 10.0. The summed E-state index contributed by atoms with van der Waals surface area (Å²) in [6, 6.07) is 17.5. The van der Waals surface area contributed by atoms with E-state index in [1.54, 1.807) is 42.5 Å². The van der Waals surface area contributed by atoms with Crippen LogP contribution >= 0.6 is 15.9 Å². The van der Waals surface area contributed by atoms with Crippen LogP contribution in [0.4, 0.5) is 4.39 Å². The van der Waals surface area contributed by atoms with Crippen LogP contribution in [-0.2, 0) is 21.2 Å². The molecule has 9 heteroatoms. The van der Waals surface area contributed by atoms with Gasteiger partial charge in [-0.1, -0.05) is 34.1 Å². The summed E-state index contributed by atoms with van der Waals surface area (Å²) in [5, 5.41) is 0. The molecule has 0 bridgehead atoms. The van der Waals surface area contributed by atoms with Crippen LogP contribution in [0.15, 0.2) is 76.1 Å². The highest BCUT2D eigenvalue weighted by atomic mass is 79.9. The van der Waals surface area contributed by atoms with Gasteiger partial charge in [0.15, 0.2) is 0 Å². The number of hydrogen-bond donors (Lipinski definition) is 1. The van der Waals surface area contributed by atoms with Crippen LogP contribution in [-0.4, -0.2) is 26.0 Å². The van der Waals surface area contributed by atoms with Crippen LogP contribution < -0.4 is 9.46 Å². The lowest BCUT2D eigenvalue weighted by Crippen LogP contribution is -2.48. The van der Waals surface area contributed by atoms with Crippen LogP contribution in [0, 0.1) is 11.7 Å². The maximum atomic E-state index is 13.3. The Labute approximate surface area is 224 Å². The Balaban J connectivity index is 1.40. The third-order valence-corrected chi connectivity index (χ3v) is 8.88. The molecule has 2 aliphatic rings. The maximum absolute atomic E-state index is 13.3. The Morgan fingerprint density at radius 2 is 1.84 bits per heavy atom. The van der Waals surface area contributed by atoms with Crippen molar-refractivity contribution in [3.05, 3.63) is 93.7 Å². The lowest BCUT2D eigenvalue weighted by molar-refractivity contribution is -0.149. The minimum atomic E-state index is -4.06. The molecule has 1 amide bonds. The minimum Gasteiger partial charge on any atom is -0.487 e. The van der Waals surface area contributed by atoms with Gasteiger partial charge in [-0.15, -0.1) is 0 Å². The van der Waals surface area contributed by atoms with Crippen LogP contribution in [0.25, 0.3) is 0 Å². The number of fused-ring (bicyclic) bond motifs is 3. The number of carbonyl (C=O) groups excluding carboxylic acids is 1. The van der Waals surface area contributed by atoms with E-state index in [0.717, 1.165) is 24.0 Å². The van der Waals surface area contributed by atoms with E-state index in [9.17, 15) is 17.6 Å². The first-order chi connectivity index (χ1) is 17.5. The highest BCUT2D eigenvalue weighted by molar-refractivity contribution is 9.10. The molecule has 0 aliphatic carbocycles. The quantitative estimate of drug-likeness (QED) is 0.398. The Bertz CT molecular complexity index is 1440. The molecule has 3 atom stereocenters. The second-order valence-corrected chi connectivity index (χ2v) is 12.6. The van der Waals surface area contributed by atoms with Crippen molar-refractivity contribution < 1.29 is 27.1 Å². The number of carbonyl (C=O) groups is 1. The van der Waals surface area contributed by atoms with Gasteiger partial charge in [0.05, 0.1) is 17.1 Å². The molecule has 194 valence electrons. The van der Waals surface area contributed by atoms with Gasteiger partial charge in [0.25, 0.3) is 15.9 Å². The first kappa shape index (κ1) is 25.9. The molecule has 0 unspecified atom stereocenters. The molecule has 0 spiro atoms. The van der Waals surface area contributed by atoms with E-state index in [4.69, 9.17) is 9.47 Å². The first-order valence-electron chi connectivity index (χ1n) is 12.1. The molecule has 2 heterocycles. The zero-order chi connectivity index (χ0) is 26.4. The van der Waals surface area contributed by atoms with Crippen molar-refractivity contribution in [1.82, 2.24) is 4.72 Å². The summed E-state index contributed by atoms with van der Waals surface area (Å²) in [7, 11) is -4.06. The predicted octanol–water partition coefficient (Wildman–Crippen LogP) is 5.96. The molecule has 0 saturated carbocycles. The normalized spacial score (nSPS) is 22.3. The Morgan fingerprint density at radius 3 is 2.57 bits per heavy atom. The number of hydrogen-bond acceptors (Lipinski definition) is 5. The zero-order valence-electron chi connectivity index (χ0n) is 20.4. The zero-order valence-corrected chi connectivity index (χ0v) is 22.8. The number of amides is 1. The lowest BCUT2D eigenvalue weighted by atomic mass is 9.74. The molecule has 3 aromatic rings. The predicted molar refractivity (Wildman–Crippen MR) is 140 cm³/mol. The van der Waals surface area contributed by atoms with Gasteiger partial charge in [0.1, 0.15) is 17.2 Å². The van der Waals surface area contributed by atoms with E-state index < -0.39 is 21.5 Å². The van der Waals surface area contributed by atoms with Gasteiger partial charge < -0.3 is 9.47 Å². The first-order valence-corrected chi connectivity index (χ1v) is 14.3. The number of rotatable bonds is 5. The highest BCUT2D eigenvalue weighted by Gasteiger charge is 2.47. The summed E-state index contributed by atoms with van der Waals surface area (Å²) in [5.74, 6) is -0.350. The third kappa shape index (κ3) is 5.44. The third-order valence-electron chi connectivity index (χ3n) is 7.06. The lowest BCUT2D eigenvalue weighted by Gasteiger charge is -2.49. The molecule has 3 aromatic carbocycles. The maximum Gasteiger partial charge on any atom is 0.265 e. The monoisotopic (exact) mass is 587 g/mol. The largest absolute Gasteiger partial charge is 0.487 e. The van der Waals surface area contributed by atoms with Gasteiger partial charge in [-0.3, -0.25) is 4.79 Å². The SMILES string of the molecule is CC1(C)Oc2ccc(C(=O)NS(=O)(=O)c3cccc(Br)c3)cc2[C@@H]2O[C@H](Cc3ccc(F)cc3)CC[C@H]21. The van der Waals surface area contributed by atoms with Crippen molar-refractivity contribution in [2.75, 3.05) is 0 Å². The average molecular weight is 588 g/mol. The van der Waals surface area contributed by atoms with Gasteiger partial charge in [0, 0.05) is 21.5 Å². The van der Waals surface area contributed by atoms with Gasteiger partial charge in [-0.25, -0.2) is 17.5 Å². The van der Waals surface area contributed by atoms with Crippen LogP contribution in [0.5, 0.6) is 5.75 Å². The summed E-state index contributed by atoms with van der Waals surface area (Å²) in [5.41, 5.74) is 1.43. The molecule has 1 saturated heterocycles. The topological polar surface area (TPSA) is 81.7 Å². The fourth-order valence-corrected chi connectivity index (χ4v) is 6.73. The van der Waals surface area contributed by atoms with Gasteiger partial charge >= 0.3 is 0 Å². The second kappa shape index (κ2) is 9.85. The van der Waals surface area contributed by atoms with Crippen LogP contribution in [0.3, 0.4) is 0 Å². The fraction of sp³-hybridized carbons (Fsp3) is 0.321. The molecule has 1 fully saturated rings. The standard InChI is InChI=1S/C28H27BrFNO5S/c1-28(2)24-12-11-21(14-17-6-9-20(30)10-7-17)35-26(24)23-15-18(8-13-25(23)36-28)27(32)31-37(33,34)22-5-3-4-19(29)16-22/h3-10,13,15-16,21,24,26H,11-12,14H2,1-2H3,(H,31,32)/t21-,24+,26-/m0/s1. The Kier molecular flexibility index (Phi) is 6.89. The van der Waals surface area contributed by atoms with Crippen molar-refractivity contribution in [3.63, 3.8) is 0 Å². The van der Waals surface area contributed by atoms with E-state index in [1.165, 1.54) is 24.3 Å². The smallest absolute Gasteiger partial charge is 0.265 e. The Hall–Kier alpha value is -2.75. The van der Waals surface area contributed by atoms with E-state index in [1.807, 2.05) is 13.8 Å². The van der Waals surface area contributed by atoms with E-state index in [0.29, 0.717) is 16.6 Å². The number of halogens is 2. The molecule has 37 heavy (non-hydrogen) atoms. The van der Waals surface area contributed by atoms with Crippen LogP contribution in [0.1, 0.15) is 54.3 Å². The summed E-state index contributed by atoms with van der Waals surface area (Å²) >= 11 is 3.26. The van der Waals surface area contributed by atoms with E-state index in [-0.39, 0.29) is 34.4 Å².